The second kappa shape index (κ2) is 57.4. The van der Waals surface area contributed by atoms with Gasteiger partial charge in [-0.1, -0.05) is 226 Å². The van der Waals surface area contributed by atoms with E-state index in [1.807, 2.05) is 12.2 Å². The van der Waals surface area contributed by atoms with Gasteiger partial charge in [0.05, 0.1) is 0 Å². The second-order valence-electron chi connectivity index (χ2n) is 18.5. The highest BCUT2D eigenvalue weighted by Crippen LogP contribution is 2.13. The number of hydrogen-bond donors (Lipinski definition) is 0. The molecule has 0 radical (unpaired) electrons. The number of carbonyl (C=O) groups excluding carboxylic acids is 3. The molecule has 70 heavy (non-hydrogen) atoms. The van der Waals surface area contributed by atoms with Crippen molar-refractivity contribution in [2.75, 3.05) is 13.2 Å². The lowest BCUT2D eigenvalue weighted by atomic mass is 10.1. The standard InChI is InChI=1S/C64H104O6/c1-4-7-10-13-16-19-22-25-28-31-32-34-36-39-42-45-48-51-54-57-63(66)69-60-61(59-68-62(65)56-53-50-47-44-41-38-35-30-27-24-21-18-15-12-9-6-3)70-64(67)58-55-52-49-46-43-40-37-33-29-26-23-20-17-14-11-8-5-2/h7,10,16-17,19-20,25-26,28-30,32,34-35,37,39-40,42,48,51,61H,4-6,8-9,11-15,18,21-24,27,31,33,36,38,41,43-47,49-50,52-60H2,1-3H3/b10-7-,19-16-,20-17-,28-25-,29-26-,34-32-,35-30-,40-37-,42-39-,51-48-/t61-/m1/s1. The van der Waals surface area contributed by atoms with Crippen LogP contribution in [0.25, 0.3) is 0 Å². The Balaban J connectivity index is 4.57. The van der Waals surface area contributed by atoms with E-state index in [0.29, 0.717) is 12.8 Å². The summed E-state index contributed by atoms with van der Waals surface area (Å²) < 4.78 is 16.8. The Morgan fingerprint density at radius 1 is 0.300 bits per heavy atom. The number of rotatable bonds is 50. The Hall–Kier alpha value is -4.19. The van der Waals surface area contributed by atoms with E-state index in [1.54, 1.807) is 0 Å². The van der Waals surface area contributed by atoms with Crippen molar-refractivity contribution in [3.8, 4) is 0 Å². The highest BCUT2D eigenvalue weighted by molar-refractivity contribution is 5.71. The summed E-state index contributed by atoms with van der Waals surface area (Å²) in [5.41, 5.74) is 0. The molecule has 0 spiro atoms. The maximum Gasteiger partial charge on any atom is 0.306 e. The Bertz CT molecular complexity index is 1490. The number of unbranched alkanes of at least 4 members (excludes halogenated alkanes) is 19. The van der Waals surface area contributed by atoms with Crippen molar-refractivity contribution in [3.63, 3.8) is 0 Å². The zero-order valence-electron chi connectivity index (χ0n) is 45.2. The van der Waals surface area contributed by atoms with Crippen molar-refractivity contribution in [1.29, 1.82) is 0 Å². The third-order valence-corrected chi connectivity index (χ3v) is 11.7. The molecule has 0 aliphatic heterocycles. The molecule has 0 unspecified atom stereocenters. The van der Waals surface area contributed by atoms with Gasteiger partial charge in [0.15, 0.2) is 6.10 Å². The van der Waals surface area contributed by atoms with Crippen LogP contribution < -0.4 is 0 Å². The fraction of sp³-hybridized carbons (Fsp3) is 0.641. The Kier molecular flexibility index (Phi) is 54.0. The van der Waals surface area contributed by atoms with Gasteiger partial charge in [-0.3, -0.25) is 14.4 Å². The van der Waals surface area contributed by atoms with Crippen LogP contribution in [0.4, 0.5) is 0 Å². The SMILES string of the molecule is CC/C=C\C/C=C\C/C=C\C/C=C\C/C=C\C/C=C\CCC(=O)OC[C@@H](COC(=O)CCCCCCC/C=C\CCCCCCCCC)OC(=O)CCCCCC/C=C\C/C=C\C/C=C\CCCCC. The van der Waals surface area contributed by atoms with Crippen LogP contribution in [0.5, 0.6) is 0 Å². The number of hydrogen-bond acceptors (Lipinski definition) is 6. The van der Waals surface area contributed by atoms with Gasteiger partial charge < -0.3 is 14.2 Å². The van der Waals surface area contributed by atoms with Crippen molar-refractivity contribution in [1.82, 2.24) is 0 Å². The van der Waals surface area contributed by atoms with Gasteiger partial charge in [-0.05, 0) is 122 Å². The van der Waals surface area contributed by atoms with Crippen molar-refractivity contribution in [2.24, 2.45) is 0 Å². The summed E-state index contributed by atoms with van der Waals surface area (Å²) >= 11 is 0. The maximum absolute atomic E-state index is 12.8. The molecule has 0 aromatic heterocycles. The van der Waals surface area contributed by atoms with Gasteiger partial charge in [0.1, 0.15) is 13.2 Å². The van der Waals surface area contributed by atoms with Crippen LogP contribution in [-0.2, 0) is 28.6 Å². The van der Waals surface area contributed by atoms with E-state index in [2.05, 4.69) is 130 Å². The number of allylic oxidation sites excluding steroid dienone is 20. The van der Waals surface area contributed by atoms with Gasteiger partial charge in [0, 0.05) is 19.3 Å². The topological polar surface area (TPSA) is 78.9 Å². The molecular formula is C64H104O6. The van der Waals surface area contributed by atoms with E-state index < -0.39 is 6.10 Å². The molecule has 0 aromatic rings. The molecule has 0 saturated heterocycles. The van der Waals surface area contributed by atoms with E-state index in [1.165, 1.54) is 83.5 Å². The number of carbonyl (C=O) groups is 3. The Morgan fingerprint density at radius 3 is 1.00 bits per heavy atom. The molecule has 396 valence electrons. The first kappa shape index (κ1) is 65.8. The molecule has 0 N–H and O–H groups in total. The normalized spacial score (nSPS) is 13.0. The lowest BCUT2D eigenvalue weighted by molar-refractivity contribution is -0.166. The molecule has 0 bridgehead atoms. The Labute approximate surface area is 431 Å². The van der Waals surface area contributed by atoms with Crippen molar-refractivity contribution >= 4 is 17.9 Å². The van der Waals surface area contributed by atoms with E-state index >= 15 is 0 Å². The zero-order valence-corrected chi connectivity index (χ0v) is 45.2. The maximum atomic E-state index is 12.8. The molecule has 0 rings (SSSR count). The van der Waals surface area contributed by atoms with Gasteiger partial charge in [0.2, 0.25) is 0 Å². The molecule has 0 saturated carbocycles. The molecule has 0 heterocycles. The molecule has 6 heteroatoms. The molecule has 6 nitrogen and oxygen atoms in total. The molecule has 0 amide bonds. The van der Waals surface area contributed by atoms with E-state index in [-0.39, 0.29) is 44.0 Å². The molecule has 0 fully saturated rings. The minimum atomic E-state index is -0.828. The highest BCUT2D eigenvalue weighted by atomic mass is 16.6. The van der Waals surface area contributed by atoms with Gasteiger partial charge in [-0.15, -0.1) is 0 Å². The molecule has 1 atom stereocenters. The number of ether oxygens (including phenoxy) is 3. The largest absolute Gasteiger partial charge is 0.462 e. The second-order valence-corrected chi connectivity index (χ2v) is 18.5. The van der Waals surface area contributed by atoms with Crippen LogP contribution in [0.2, 0.25) is 0 Å². The highest BCUT2D eigenvalue weighted by Gasteiger charge is 2.19. The van der Waals surface area contributed by atoms with Gasteiger partial charge >= 0.3 is 17.9 Å². The third kappa shape index (κ3) is 54.7. The lowest BCUT2D eigenvalue weighted by Gasteiger charge is -2.18. The summed E-state index contributed by atoms with van der Waals surface area (Å²) in [6.45, 7) is 6.40. The monoisotopic (exact) mass is 969 g/mol. The Morgan fingerprint density at radius 2 is 0.586 bits per heavy atom. The first-order valence-electron chi connectivity index (χ1n) is 28.5. The quantitative estimate of drug-likeness (QED) is 0.0262. The minimum Gasteiger partial charge on any atom is -0.462 e. The zero-order chi connectivity index (χ0) is 50.7. The van der Waals surface area contributed by atoms with Gasteiger partial charge in [-0.25, -0.2) is 0 Å². The van der Waals surface area contributed by atoms with Crippen LogP contribution >= 0.6 is 0 Å². The van der Waals surface area contributed by atoms with Gasteiger partial charge in [0.25, 0.3) is 0 Å². The minimum absolute atomic E-state index is 0.118. The first-order valence-corrected chi connectivity index (χ1v) is 28.5. The summed E-state index contributed by atoms with van der Waals surface area (Å²) in [4.78, 5) is 38.1. The molecule has 0 aromatic carbocycles. The molecule has 0 aliphatic rings. The van der Waals surface area contributed by atoms with Crippen molar-refractivity contribution < 1.29 is 28.6 Å². The predicted octanol–water partition coefficient (Wildman–Crippen LogP) is 19.3. The van der Waals surface area contributed by atoms with Gasteiger partial charge in [-0.2, -0.15) is 0 Å². The molecule has 0 aliphatic carbocycles. The fourth-order valence-corrected chi connectivity index (χ4v) is 7.41. The summed E-state index contributed by atoms with van der Waals surface area (Å²) in [6, 6.07) is 0. The van der Waals surface area contributed by atoms with Crippen molar-refractivity contribution in [2.45, 2.75) is 252 Å². The summed E-state index contributed by atoms with van der Waals surface area (Å²) in [6.07, 6.45) is 79.1. The van der Waals surface area contributed by atoms with Crippen molar-refractivity contribution in [3.05, 3.63) is 122 Å². The smallest absolute Gasteiger partial charge is 0.306 e. The summed E-state index contributed by atoms with van der Waals surface area (Å²) in [5, 5.41) is 0. The van der Waals surface area contributed by atoms with Crippen LogP contribution in [0.15, 0.2) is 122 Å². The fourth-order valence-electron chi connectivity index (χ4n) is 7.41. The average molecular weight is 970 g/mol. The van der Waals surface area contributed by atoms with Crippen LogP contribution in [-0.4, -0.2) is 37.2 Å². The van der Waals surface area contributed by atoms with Crippen LogP contribution in [0.1, 0.15) is 245 Å². The van der Waals surface area contributed by atoms with E-state index in [0.717, 1.165) is 116 Å². The number of esters is 3. The molecular weight excluding hydrogens is 865 g/mol. The van der Waals surface area contributed by atoms with E-state index in [9.17, 15) is 14.4 Å². The average Bonchev–Trinajstić information content (AvgIpc) is 3.36. The summed E-state index contributed by atoms with van der Waals surface area (Å²) in [7, 11) is 0. The van der Waals surface area contributed by atoms with Crippen LogP contribution in [0.3, 0.4) is 0 Å². The van der Waals surface area contributed by atoms with Crippen LogP contribution in [0, 0.1) is 0 Å². The summed E-state index contributed by atoms with van der Waals surface area (Å²) in [5.74, 6) is -1.04. The third-order valence-electron chi connectivity index (χ3n) is 11.7. The first-order chi connectivity index (χ1) is 34.5. The predicted molar refractivity (Wildman–Crippen MR) is 302 cm³/mol. The van der Waals surface area contributed by atoms with E-state index in [4.69, 9.17) is 14.2 Å². The lowest BCUT2D eigenvalue weighted by Crippen LogP contribution is -2.30.